The highest BCUT2D eigenvalue weighted by molar-refractivity contribution is 5.75. The Morgan fingerprint density at radius 2 is 1.00 bits per heavy atom. The monoisotopic (exact) mass is 472 g/mol. The summed E-state index contributed by atoms with van der Waals surface area (Å²) >= 11 is 0. The van der Waals surface area contributed by atoms with E-state index in [9.17, 15) is 14.4 Å². The van der Waals surface area contributed by atoms with Gasteiger partial charge in [-0.15, -0.1) is 0 Å². The highest BCUT2D eigenvalue weighted by atomic mass is 16.4. The fraction of sp³-hybridized carbons (Fsp3) is 0.880. The molecule has 0 aromatic rings. The van der Waals surface area contributed by atoms with Gasteiger partial charge in [0.25, 0.3) is 0 Å². The van der Waals surface area contributed by atoms with Crippen LogP contribution in [0.15, 0.2) is 0 Å². The van der Waals surface area contributed by atoms with E-state index in [1.54, 1.807) is 4.90 Å². The van der Waals surface area contributed by atoms with E-state index in [2.05, 4.69) is 5.32 Å². The first kappa shape index (κ1) is 31.3. The molecule has 0 aliphatic carbocycles. The lowest BCUT2D eigenvalue weighted by Crippen LogP contribution is -2.39. The fourth-order valence-electron chi connectivity index (χ4n) is 3.90. The Bertz CT molecular complexity index is 501. The molecule has 0 aromatic carbocycles. The van der Waals surface area contributed by atoms with Crippen molar-refractivity contribution in [3.05, 3.63) is 0 Å². The molecule has 0 aliphatic heterocycles. The maximum absolute atomic E-state index is 11.9. The zero-order chi connectivity index (χ0) is 24.6. The van der Waals surface area contributed by atoms with Gasteiger partial charge < -0.3 is 20.6 Å². The van der Waals surface area contributed by atoms with Crippen LogP contribution >= 0.6 is 0 Å². The minimum absolute atomic E-state index is 0.00883. The van der Waals surface area contributed by atoms with Gasteiger partial charge in [0.1, 0.15) is 0 Å². The number of carbonyl (C=O) groups is 3. The first-order valence-corrected chi connectivity index (χ1v) is 13.0. The average molecular weight is 473 g/mol. The third-order valence-electron chi connectivity index (χ3n) is 5.82. The van der Waals surface area contributed by atoms with Crippen LogP contribution in [0.2, 0.25) is 0 Å². The molecule has 0 heterocycles. The highest BCUT2D eigenvalue weighted by Crippen LogP contribution is 2.14. The summed E-state index contributed by atoms with van der Waals surface area (Å²) < 4.78 is 0. The summed E-state index contributed by atoms with van der Waals surface area (Å²) in [6, 6.07) is 0. The van der Waals surface area contributed by atoms with Crippen LogP contribution in [0, 0.1) is 0 Å². The Morgan fingerprint density at radius 1 is 0.576 bits per heavy atom. The molecule has 0 atom stereocenters. The van der Waals surface area contributed by atoms with Gasteiger partial charge in [0.2, 0.25) is 5.91 Å². The summed E-state index contributed by atoms with van der Waals surface area (Å²) in [5.41, 5.74) is 0. The van der Waals surface area contributed by atoms with Gasteiger partial charge in [-0.1, -0.05) is 83.5 Å². The quantitative estimate of drug-likeness (QED) is 0.147. The van der Waals surface area contributed by atoms with Crippen molar-refractivity contribution in [1.29, 1.82) is 0 Å². The Kier molecular flexibility index (Phi) is 22.3. The Labute approximate surface area is 200 Å². The smallest absolute Gasteiger partial charge is 0.317 e. The van der Waals surface area contributed by atoms with E-state index in [1.165, 1.54) is 57.8 Å². The second kappa shape index (κ2) is 23.5. The zero-order valence-electron chi connectivity index (χ0n) is 20.6. The van der Waals surface area contributed by atoms with E-state index in [0.29, 0.717) is 32.5 Å². The lowest BCUT2D eigenvalue weighted by Gasteiger charge is -2.19. The van der Waals surface area contributed by atoms with Crippen molar-refractivity contribution in [2.45, 2.75) is 109 Å². The van der Waals surface area contributed by atoms with Crippen molar-refractivity contribution in [3.8, 4) is 0 Å². The Hall–Kier alpha value is -1.67. The number of carbonyl (C=O) groups excluding carboxylic acids is 1. The number of nitrogens with one attached hydrogen (secondary N) is 1. The van der Waals surface area contributed by atoms with Crippen LogP contribution in [0.1, 0.15) is 109 Å². The summed E-state index contributed by atoms with van der Waals surface area (Å²) in [5, 5.41) is 29.2. The lowest BCUT2D eigenvalue weighted by molar-refractivity contribution is -0.139. The fourth-order valence-corrected chi connectivity index (χ4v) is 3.90. The Morgan fingerprint density at radius 3 is 1.39 bits per heavy atom. The molecule has 0 saturated heterocycles. The summed E-state index contributed by atoms with van der Waals surface area (Å²) in [7, 11) is 0. The van der Waals surface area contributed by atoms with Gasteiger partial charge in [0, 0.05) is 32.5 Å². The number of carboxylic acids is 2. The van der Waals surface area contributed by atoms with Gasteiger partial charge >= 0.3 is 11.9 Å². The van der Waals surface area contributed by atoms with Gasteiger partial charge in [0.05, 0.1) is 13.2 Å². The van der Waals surface area contributed by atoms with Crippen LogP contribution in [0.4, 0.5) is 0 Å². The normalized spacial score (nSPS) is 11.1. The second-order valence-electron chi connectivity index (χ2n) is 8.94. The number of aliphatic hydroxyl groups excluding tert-OH is 1. The number of nitrogens with zero attached hydrogens (tertiary/aromatic N) is 1. The minimum atomic E-state index is -0.937. The van der Waals surface area contributed by atoms with Gasteiger partial charge in [-0.05, 0) is 12.8 Å². The number of aliphatic hydroxyl groups is 1. The van der Waals surface area contributed by atoms with Crippen LogP contribution in [0.5, 0.6) is 0 Å². The van der Waals surface area contributed by atoms with Crippen LogP contribution in [0.3, 0.4) is 0 Å². The molecule has 0 fully saturated rings. The molecule has 8 heteroatoms. The molecule has 194 valence electrons. The maximum Gasteiger partial charge on any atom is 0.317 e. The van der Waals surface area contributed by atoms with Crippen molar-refractivity contribution in [3.63, 3.8) is 0 Å². The van der Waals surface area contributed by atoms with Crippen LogP contribution in [-0.2, 0) is 14.4 Å². The van der Waals surface area contributed by atoms with E-state index in [1.807, 2.05) is 0 Å². The summed E-state index contributed by atoms with van der Waals surface area (Å²) in [6.07, 6.45) is 18.4. The highest BCUT2D eigenvalue weighted by Gasteiger charge is 2.09. The van der Waals surface area contributed by atoms with Gasteiger partial charge in [-0.3, -0.25) is 19.3 Å². The molecule has 0 aromatic heterocycles. The van der Waals surface area contributed by atoms with Crippen molar-refractivity contribution < 1.29 is 29.7 Å². The number of aliphatic carboxylic acids is 2. The molecule has 33 heavy (non-hydrogen) atoms. The number of carboxylic acid groups (broad SMARTS) is 2. The molecule has 0 rings (SSSR count). The van der Waals surface area contributed by atoms with Crippen molar-refractivity contribution in [1.82, 2.24) is 10.2 Å². The number of hydrogen-bond donors (Lipinski definition) is 4. The zero-order valence-corrected chi connectivity index (χ0v) is 20.6. The number of unbranched alkanes of at least 4 members (excludes halogenated alkanes) is 14. The van der Waals surface area contributed by atoms with Crippen molar-refractivity contribution >= 4 is 17.8 Å². The third-order valence-corrected chi connectivity index (χ3v) is 5.82. The lowest BCUT2D eigenvalue weighted by atomic mass is 10.0. The maximum atomic E-state index is 11.9. The van der Waals surface area contributed by atoms with Crippen LogP contribution in [0.25, 0.3) is 0 Å². The molecule has 1 amide bonds. The minimum Gasteiger partial charge on any atom is -0.481 e. The Balaban J connectivity index is 3.33. The molecule has 0 unspecified atom stereocenters. The summed E-state index contributed by atoms with van der Waals surface area (Å²) in [4.78, 5) is 34.6. The second-order valence-corrected chi connectivity index (χ2v) is 8.94. The van der Waals surface area contributed by atoms with E-state index in [0.717, 1.165) is 38.5 Å². The van der Waals surface area contributed by atoms with Gasteiger partial charge in [0.15, 0.2) is 0 Å². The van der Waals surface area contributed by atoms with Crippen LogP contribution in [-0.4, -0.2) is 70.9 Å². The van der Waals surface area contributed by atoms with Crippen molar-refractivity contribution in [2.75, 3.05) is 32.8 Å². The molecule has 0 spiro atoms. The largest absolute Gasteiger partial charge is 0.481 e. The molecular formula is C25H48N2O6. The predicted octanol–water partition coefficient (Wildman–Crippen LogP) is 4.20. The number of rotatable bonds is 25. The first-order valence-electron chi connectivity index (χ1n) is 13.0. The SMILES string of the molecule is O=C(O)CCCCCCCCCCCCCCCCCC(=O)NCCN(CCO)CC(=O)O. The van der Waals surface area contributed by atoms with Crippen LogP contribution < -0.4 is 5.32 Å². The topological polar surface area (TPSA) is 127 Å². The predicted molar refractivity (Wildman–Crippen MR) is 130 cm³/mol. The van der Waals surface area contributed by atoms with Gasteiger partial charge in [-0.2, -0.15) is 0 Å². The standard InChI is InChI=1S/C25H48N2O6/c28-21-20-27(22-25(32)33)19-18-26-23(29)16-14-12-10-8-6-4-2-1-3-5-7-9-11-13-15-17-24(30)31/h28H,1-22H2,(H,26,29)(H,30,31)(H,32,33). The number of hydrogen-bond acceptors (Lipinski definition) is 5. The molecule has 0 bridgehead atoms. The third kappa shape index (κ3) is 24.8. The summed E-state index contributed by atoms with van der Waals surface area (Å²) in [5.74, 6) is -1.61. The van der Waals surface area contributed by atoms with E-state index < -0.39 is 11.9 Å². The van der Waals surface area contributed by atoms with E-state index >= 15 is 0 Å². The van der Waals surface area contributed by atoms with Crippen molar-refractivity contribution in [2.24, 2.45) is 0 Å². The first-order chi connectivity index (χ1) is 16.0. The molecule has 0 saturated carbocycles. The molecule has 0 aliphatic rings. The van der Waals surface area contributed by atoms with E-state index in [4.69, 9.17) is 15.3 Å². The summed E-state index contributed by atoms with van der Waals surface area (Å²) in [6.45, 7) is 0.889. The molecule has 4 N–H and O–H groups in total. The molecule has 8 nitrogen and oxygen atoms in total. The average Bonchev–Trinajstić information content (AvgIpc) is 2.75. The number of amides is 1. The van der Waals surface area contributed by atoms with Gasteiger partial charge in [-0.25, -0.2) is 0 Å². The molecule has 0 radical (unpaired) electrons. The molecular weight excluding hydrogens is 424 g/mol. The van der Waals surface area contributed by atoms with E-state index in [-0.39, 0.29) is 19.1 Å².